The van der Waals surface area contributed by atoms with E-state index in [1.807, 2.05) is 0 Å². The lowest BCUT2D eigenvalue weighted by Crippen LogP contribution is -2.50. The van der Waals surface area contributed by atoms with E-state index in [9.17, 15) is 4.79 Å². The molecule has 0 radical (unpaired) electrons. The first kappa shape index (κ1) is 14.0. The molecule has 2 fully saturated rings. The van der Waals surface area contributed by atoms with Gasteiger partial charge < -0.3 is 14.3 Å². The lowest BCUT2D eigenvalue weighted by molar-refractivity contribution is -0.127. The van der Waals surface area contributed by atoms with Crippen LogP contribution in [0.15, 0.2) is 0 Å². The van der Waals surface area contributed by atoms with Crippen LogP contribution in [0.5, 0.6) is 0 Å². The largest absolute Gasteiger partial charge is 0.380 e. The monoisotopic (exact) mass is 255 g/mol. The third-order valence-electron chi connectivity index (χ3n) is 4.42. The quantitative estimate of drug-likeness (QED) is 0.711. The molecule has 0 bridgehead atoms. The molecule has 0 aromatic rings. The zero-order valence-electron chi connectivity index (χ0n) is 11.6. The van der Waals surface area contributed by atoms with Crippen molar-refractivity contribution in [1.82, 2.24) is 4.90 Å². The van der Waals surface area contributed by atoms with Gasteiger partial charge in [0.25, 0.3) is 0 Å². The molecule has 0 aromatic heterocycles. The van der Waals surface area contributed by atoms with E-state index < -0.39 is 0 Å². The second-order valence-electron chi connectivity index (χ2n) is 5.91. The highest BCUT2D eigenvalue weighted by Crippen LogP contribution is 2.29. The summed E-state index contributed by atoms with van der Waals surface area (Å²) >= 11 is 0. The van der Waals surface area contributed by atoms with E-state index >= 15 is 0 Å². The van der Waals surface area contributed by atoms with E-state index in [4.69, 9.17) is 9.47 Å². The summed E-state index contributed by atoms with van der Waals surface area (Å²) in [5, 5.41) is 0. The minimum atomic E-state index is -0.281. The number of likely N-dealkylation sites (tertiary alicyclic amines) is 1. The molecule has 104 valence electrons. The molecule has 0 saturated carbocycles. The summed E-state index contributed by atoms with van der Waals surface area (Å²) in [6, 6.07) is 0. The maximum absolute atomic E-state index is 11.4. The number of hydrogen-bond donors (Lipinski definition) is 0. The van der Waals surface area contributed by atoms with Crippen molar-refractivity contribution in [2.75, 3.05) is 40.0 Å². The summed E-state index contributed by atoms with van der Waals surface area (Å²) in [6.07, 6.45) is 4.52. The predicted molar refractivity (Wildman–Crippen MR) is 69.6 cm³/mol. The Morgan fingerprint density at radius 1 is 1.56 bits per heavy atom. The molecule has 0 aromatic carbocycles. The normalized spacial score (nSPS) is 38.6. The van der Waals surface area contributed by atoms with Crippen LogP contribution in [0.3, 0.4) is 0 Å². The average molecular weight is 255 g/mol. The van der Waals surface area contributed by atoms with Crippen LogP contribution in [0.4, 0.5) is 0 Å². The summed E-state index contributed by atoms with van der Waals surface area (Å²) in [7, 11) is 1.78. The lowest BCUT2D eigenvalue weighted by Gasteiger charge is -2.41. The van der Waals surface area contributed by atoms with Crippen molar-refractivity contribution >= 4 is 6.29 Å². The molecule has 0 N–H and O–H groups in total. The first-order valence-electron chi connectivity index (χ1n) is 6.98. The van der Waals surface area contributed by atoms with Crippen LogP contribution < -0.4 is 0 Å². The van der Waals surface area contributed by atoms with Gasteiger partial charge in [0.1, 0.15) is 6.29 Å². The molecular weight excluding hydrogens is 230 g/mol. The Bertz CT molecular complexity index is 276. The van der Waals surface area contributed by atoms with Gasteiger partial charge in [0.05, 0.1) is 18.1 Å². The Balaban J connectivity index is 1.93. The molecule has 3 atom stereocenters. The van der Waals surface area contributed by atoms with Gasteiger partial charge in [-0.05, 0) is 31.7 Å². The molecule has 2 saturated heterocycles. The van der Waals surface area contributed by atoms with Gasteiger partial charge in [-0.2, -0.15) is 0 Å². The van der Waals surface area contributed by atoms with Gasteiger partial charge in [0.15, 0.2) is 0 Å². The molecule has 2 aliphatic heterocycles. The lowest BCUT2D eigenvalue weighted by atomic mass is 9.82. The average Bonchev–Trinajstić information content (AvgIpc) is 2.42. The number of nitrogens with zero attached hydrogens (tertiary/aromatic N) is 1. The first-order valence-corrected chi connectivity index (χ1v) is 6.98. The second kappa shape index (κ2) is 6.13. The Hall–Kier alpha value is -0.450. The zero-order valence-corrected chi connectivity index (χ0v) is 11.6. The number of ether oxygens (including phenoxy) is 2. The number of aldehydes is 1. The van der Waals surface area contributed by atoms with E-state index in [-0.39, 0.29) is 5.41 Å². The van der Waals surface area contributed by atoms with Crippen molar-refractivity contribution in [1.29, 1.82) is 0 Å². The van der Waals surface area contributed by atoms with Crippen LogP contribution in [-0.4, -0.2) is 57.2 Å². The fraction of sp³-hybridized carbons (Fsp3) is 0.929. The first-order chi connectivity index (χ1) is 8.69. The second-order valence-corrected chi connectivity index (χ2v) is 5.91. The summed E-state index contributed by atoms with van der Waals surface area (Å²) in [4.78, 5) is 13.8. The van der Waals surface area contributed by atoms with E-state index in [2.05, 4.69) is 11.8 Å². The molecule has 0 spiro atoms. The van der Waals surface area contributed by atoms with Crippen LogP contribution in [0.25, 0.3) is 0 Å². The molecule has 0 aliphatic carbocycles. The van der Waals surface area contributed by atoms with Gasteiger partial charge in [0, 0.05) is 26.8 Å². The Morgan fingerprint density at radius 3 is 3.00 bits per heavy atom. The van der Waals surface area contributed by atoms with Gasteiger partial charge in [-0.15, -0.1) is 0 Å². The van der Waals surface area contributed by atoms with Gasteiger partial charge in [-0.3, -0.25) is 4.90 Å². The highest BCUT2D eigenvalue weighted by molar-refractivity contribution is 5.60. The van der Waals surface area contributed by atoms with Gasteiger partial charge in [-0.25, -0.2) is 0 Å². The number of carbonyl (C=O) groups excluding carboxylic acids is 1. The maximum atomic E-state index is 11.4. The Labute approximate surface area is 110 Å². The van der Waals surface area contributed by atoms with E-state index in [0.717, 1.165) is 51.8 Å². The van der Waals surface area contributed by atoms with Gasteiger partial charge >= 0.3 is 0 Å². The molecule has 18 heavy (non-hydrogen) atoms. The van der Waals surface area contributed by atoms with Gasteiger partial charge in [-0.1, -0.05) is 6.92 Å². The van der Waals surface area contributed by atoms with Crippen LogP contribution in [0.2, 0.25) is 0 Å². The summed E-state index contributed by atoms with van der Waals surface area (Å²) < 4.78 is 11.0. The highest BCUT2D eigenvalue weighted by atomic mass is 16.5. The van der Waals surface area contributed by atoms with Crippen molar-refractivity contribution in [3.05, 3.63) is 0 Å². The molecule has 4 heteroatoms. The van der Waals surface area contributed by atoms with Crippen LogP contribution >= 0.6 is 0 Å². The minimum absolute atomic E-state index is 0.281. The molecule has 0 amide bonds. The number of rotatable bonds is 4. The highest BCUT2D eigenvalue weighted by Gasteiger charge is 2.37. The molecule has 2 rings (SSSR count). The number of methoxy groups -OCH3 is 1. The van der Waals surface area contributed by atoms with Crippen LogP contribution in [0, 0.1) is 11.3 Å². The Morgan fingerprint density at radius 2 is 2.39 bits per heavy atom. The van der Waals surface area contributed by atoms with Crippen molar-refractivity contribution in [2.24, 2.45) is 11.3 Å². The maximum Gasteiger partial charge on any atom is 0.129 e. The standard InChI is InChI=1S/C14H25NO3/c1-12-4-6-15(8-13(12)17-2)9-14(10-16)5-3-7-18-11-14/h10,12-13H,3-9,11H2,1-2H3. The van der Waals surface area contributed by atoms with Crippen molar-refractivity contribution < 1.29 is 14.3 Å². The molecular formula is C14H25NO3. The van der Waals surface area contributed by atoms with Crippen molar-refractivity contribution in [2.45, 2.75) is 32.3 Å². The summed E-state index contributed by atoms with van der Waals surface area (Å²) in [5.74, 6) is 0.612. The number of hydrogen-bond acceptors (Lipinski definition) is 4. The third kappa shape index (κ3) is 3.11. The number of piperidine rings is 1. The van der Waals surface area contributed by atoms with E-state index in [1.165, 1.54) is 0 Å². The third-order valence-corrected chi connectivity index (χ3v) is 4.42. The zero-order chi connectivity index (χ0) is 13.0. The van der Waals surface area contributed by atoms with Crippen LogP contribution in [0.1, 0.15) is 26.2 Å². The smallest absolute Gasteiger partial charge is 0.129 e. The molecule has 4 nitrogen and oxygen atoms in total. The van der Waals surface area contributed by atoms with Crippen molar-refractivity contribution in [3.63, 3.8) is 0 Å². The number of carbonyl (C=O) groups is 1. The Kier molecular flexibility index (Phi) is 4.76. The molecule has 2 heterocycles. The fourth-order valence-corrected chi connectivity index (χ4v) is 3.12. The summed E-state index contributed by atoms with van der Waals surface area (Å²) in [5.41, 5.74) is -0.281. The SMILES string of the molecule is COC1CN(CC2(C=O)CCCOC2)CCC1C. The fourth-order valence-electron chi connectivity index (χ4n) is 3.12. The summed E-state index contributed by atoms with van der Waals surface area (Å²) in [6.45, 7) is 6.45. The van der Waals surface area contributed by atoms with E-state index in [1.54, 1.807) is 7.11 Å². The van der Waals surface area contributed by atoms with Gasteiger partial charge in [0.2, 0.25) is 0 Å². The molecule has 3 unspecified atom stereocenters. The van der Waals surface area contributed by atoms with Crippen LogP contribution in [-0.2, 0) is 14.3 Å². The topological polar surface area (TPSA) is 38.8 Å². The van der Waals surface area contributed by atoms with Crippen molar-refractivity contribution in [3.8, 4) is 0 Å². The minimum Gasteiger partial charge on any atom is -0.380 e. The van der Waals surface area contributed by atoms with E-state index in [0.29, 0.717) is 18.6 Å². The molecule has 2 aliphatic rings. The predicted octanol–water partition coefficient (Wildman–Crippen LogP) is 1.34.